The molecule has 0 saturated carbocycles. The van der Waals surface area contributed by atoms with Crippen molar-refractivity contribution in [3.8, 4) is 5.75 Å². The highest BCUT2D eigenvalue weighted by Crippen LogP contribution is 2.14. The number of ether oxygens (including phenoxy) is 1. The van der Waals surface area contributed by atoms with Gasteiger partial charge in [-0.1, -0.05) is 6.07 Å². The maximum absolute atomic E-state index is 12.9. The van der Waals surface area contributed by atoms with Crippen molar-refractivity contribution in [1.82, 2.24) is 4.90 Å². The van der Waals surface area contributed by atoms with Crippen LogP contribution in [0.5, 0.6) is 5.75 Å². The minimum atomic E-state index is -0.605. The van der Waals surface area contributed by atoms with Crippen molar-refractivity contribution in [3.63, 3.8) is 0 Å². The van der Waals surface area contributed by atoms with Crippen molar-refractivity contribution >= 4 is 5.91 Å². The topological polar surface area (TPSA) is 29.5 Å². The van der Waals surface area contributed by atoms with Gasteiger partial charge >= 0.3 is 0 Å². The summed E-state index contributed by atoms with van der Waals surface area (Å²) in [5, 5.41) is 0. The number of carbonyl (C=O) groups is 1. The first-order valence-electron chi connectivity index (χ1n) is 5.21. The minimum Gasteiger partial charge on any atom is -0.481 e. The van der Waals surface area contributed by atoms with Crippen LogP contribution < -0.4 is 4.74 Å². The molecule has 1 atom stereocenters. The molecule has 1 rings (SSSR count). The maximum Gasteiger partial charge on any atom is 0.263 e. The van der Waals surface area contributed by atoms with E-state index in [1.54, 1.807) is 31.0 Å². The first-order valence-corrected chi connectivity index (χ1v) is 5.21. The average molecular weight is 225 g/mol. The molecule has 1 unspecified atom stereocenters. The van der Waals surface area contributed by atoms with Crippen LogP contribution in [0, 0.1) is 5.82 Å². The van der Waals surface area contributed by atoms with Crippen LogP contribution >= 0.6 is 0 Å². The molecule has 0 radical (unpaired) electrons. The van der Waals surface area contributed by atoms with Crippen LogP contribution in [-0.4, -0.2) is 30.5 Å². The van der Waals surface area contributed by atoms with Crippen LogP contribution in [0.1, 0.15) is 13.8 Å². The highest BCUT2D eigenvalue weighted by atomic mass is 19.1. The lowest BCUT2D eigenvalue weighted by Gasteiger charge is -2.20. The van der Waals surface area contributed by atoms with Gasteiger partial charge in [-0.3, -0.25) is 4.79 Å². The third-order valence-corrected chi connectivity index (χ3v) is 2.31. The molecule has 0 spiro atoms. The van der Waals surface area contributed by atoms with Gasteiger partial charge < -0.3 is 9.64 Å². The Morgan fingerprint density at radius 3 is 2.81 bits per heavy atom. The van der Waals surface area contributed by atoms with Gasteiger partial charge in [-0.05, 0) is 26.0 Å². The second-order valence-electron chi connectivity index (χ2n) is 3.57. The fourth-order valence-corrected chi connectivity index (χ4v) is 1.26. The van der Waals surface area contributed by atoms with E-state index < -0.39 is 6.10 Å². The summed E-state index contributed by atoms with van der Waals surface area (Å²) in [6, 6.07) is 5.76. The summed E-state index contributed by atoms with van der Waals surface area (Å²) in [5.74, 6) is -0.127. The molecular formula is C12H16FNO2. The summed E-state index contributed by atoms with van der Waals surface area (Å²) in [5.41, 5.74) is 0. The molecule has 0 aliphatic rings. The number of halogens is 1. The lowest BCUT2D eigenvalue weighted by Crippen LogP contribution is -2.37. The van der Waals surface area contributed by atoms with Crippen LogP contribution in [0.2, 0.25) is 0 Å². The lowest BCUT2D eigenvalue weighted by atomic mass is 10.3. The van der Waals surface area contributed by atoms with Crippen molar-refractivity contribution in [2.75, 3.05) is 13.6 Å². The van der Waals surface area contributed by atoms with Crippen molar-refractivity contribution in [3.05, 3.63) is 30.1 Å². The van der Waals surface area contributed by atoms with E-state index in [4.69, 9.17) is 4.74 Å². The molecule has 0 bridgehead atoms. The molecule has 3 nitrogen and oxygen atoms in total. The van der Waals surface area contributed by atoms with Gasteiger partial charge in [-0.15, -0.1) is 0 Å². The monoisotopic (exact) mass is 225 g/mol. The van der Waals surface area contributed by atoms with Gasteiger partial charge in [0.1, 0.15) is 11.6 Å². The molecule has 0 aliphatic heterocycles. The number of hydrogen-bond acceptors (Lipinski definition) is 2. The van der Waals surface area contributed by atoms with E-state index in [0.717, 1.165) is 0 Å². The maximum atomic E-state index is 12.9. The fraction of sp³-hybridized carbons (Fsp3) is 0.417. The zero-order chi connectivity index (χ0) is 12.1. The van der Waals surface area contributed by atoms with E-state index in [-0.39, 0.29) is 11.7 Å². The number of likely N-dealkylation sites (N-methyl/N-ethyl adjacent to an activating group) is 1. The summed E-state index contributed by atoms with van der Waals surface area (Å²) in [6.45, 7) is 4.15. The molecular weight excluding hydrogens is 209 g/mol. The molecule has 16 heavy (non-hydrogen) atoms. The molecule has 4 heteroatoms. The van der Waals surface area contributed by atoms with Gasteiger partial charge in [0.2, 0.25) is 0 Å². The van der Waals surface area contributed by atoms with Gasteiger partial charge in [0.15, 0.2) is 6.10 Å². The van der Waals surface area contributed by atoms with Crippen LogP contribution in [0.15, 0.2) is 24.3 Å². The molecule has 1 aromatic carbocycles. The molecule has 0 N–H and O–H groups in total. The molecule has 0 aromatic heterocycles. The smallest absolute Gasteiger partial charge is 0.263 e. The van der Waals surface area contributed by atoms with E-state index in [1.165, 1.54) is 12.1 Å². The van der Waals surface area contributed by atoms with Crippen molar-refractivity contribution in [2.24, 2.45) is 0 Å². The molecule has 1 aromatic rings. The van der Waals surface area contributed by atoms with Crippen LogP contribution in [0.25, 0.3) is 0 Å². The van der Waals surface area contributed by atoms with Gasteiger partial charge in [-0.2, -0.15) is 0 Å². The predicted molar refractivity (Wildman–Crippen MR) is 59.8 cm³/mol. The van der Waals surface area contributed by atoms with Crippen molar-refractivity contribution in [1.29, 1.82) is 0 Å². The summed E-state index contributed by atoms with van der Waals surface area (Å²) in [6.07, 6.45) is -0.605. The van der Waals surface area contributed by atoms with Gasteiger partial charge in [0, 0.05) is 19.7 Å². The highest BCUT2D eigenvalue weighted by Gasteiger charge is 2.17. The number of hydrogen-bond donors (Lipinski definition) is 0. The Labute approximate surface area is 94.8 Å². The van der Waals surface area contributed by atoms with Gasteiger partial charge in [-0.25, -0.2) is 4.39 Å². The Kier molecular flexibility index (Phi) is 4.28. The average Bonchev–Trinajstić information content (AvgIpc) is 2.27. The normalized spacial score (nSPS) is 12.0. The number of carbonyl (C=O) groups excluding carboxylic acids is 1. The lowest BCUT2D eigenvalue weighted by molar-refractivity contribution is -0.136. The molecule has 88 valence electrons. The van der Waals surface area contributed by atoms with Crippen molar-refractivity contribution in [2.45, 2.75) is 20.0 Å². The van der Waals surface area contributed by atoms with Crippen molar-refractivity contribution < 1.29 is 13.9 Å². The Bertz CT molecular complexity index is 368. The third kappa shape index (κ3) is 3.22. The zero-order valence-corrected chi connectivity index (χ0v) is 9.74. The number of nitrogens with zero attached hydrogens (tertiary/aromatic N) is 1. The second kappa shape index (κ2) is 5.49. The molecule has 0 aliphatic carbocycles. The molecule has 0 heterocycles. The van der Waals surface area contributed by atoms with Crippen LogP contribution in [-0.2, 0) is 4.79 Å². The molecule has 0 fully saturated rings. The van der Waals surface area contributed by atoms with E-state index in [2.05, 4.69) is 0 Å². The third-order valence-electron chi connectivity index (χ3n) is 2.31. The molecule has 0 saturated heterocycles. The summed E-state index contributed by atoms with van der Waals surface area (Å²) < 4.78 is 18.2. The Hall–Kier alpha value is -1.58. The first-order chi connectivity index (χ1) is 7.54. The summed E-state index contributed by atoms with van der Waals surface area (Å²) in [7, 11) is 1.70. The zero-order valence-electron chi connectivity index (χ0n) is 9.74. The Morgan fingerprint density at radius 1 is 1.56 bits per heavy atom. The summed E-state index contributed by atoms with van der Waals surface area (Å²) in [4.78, 5) is 13.2. The van der Waals surface area contributed by atoms with E-state index in [9.17, 15) is 9.18 Å². The Balaban J connectivity index is 2.64. The first kappa shape index (κ1) is 12.5. The van der Waals surface area contributed by atoms with E-state index >= 15 is 0 Å². The number of amides is 1. The fourth-order valence-electron chi connectivity index (χ4n) is 1.26. The summed E-state index contributed by atoms with van der Waals surface area (Å²) >= 11 is 0. The predicted octanol–water partition coefficient (Wildman–Crippen LogP) is 2.07. The largest absolute Gasteiger partial charge is 0.481 e. The van der Waals surface area contributed by atoms with Gasteiger partial charge in [0.25, 0.3) is 5.91 Å². The van der Waals surface area contributed by atoms with E-state index in [1.807, 2.05) is 6.92 Å². The highest BCUT2D eigenvalue weighted by molar-refractivity contribution is 5.80. The minimum absolute atomic E-state index is 0.119. The quantitative estimate of drug-likeness (QED) is 0.785. The van der Waals surface area contributed by atoms with E-state index in [0.29, 0.717) is 12.3 Å². The number of rotatable bonds is 4. The second-order valence-corrected chi connectivity index (χ2v) is 3.57. The SMILES string of the molecule is CCN(C)C(=O)C(C)Oc1cccc(F)c1. The standard InChI is InChI=1S/C12H16FNO2/c1-4-14(3)12(15)9(2)16-11-7-5-6-10(13)8-11/h5-9H,4H2,1-3H3. The Morgan fingerprint density at radius 2 is 2.25 bits per heavy atom. The van der Waals surface area contributed by atoms with Crippen LogP contribution in [0.3, 0.4) is 0 Å². The van der Waals surface area contributed by atoms with Crippen LogP contribution in [0.4, 0.5) is 4.39 Å². The van der Waals surface area contributed by atoms with Gasteiger partial charge in [0.05, 0.1) is 0 Å². The molecule has 1 amide bonds. The number of benzene rings is 1.